The second kappa shape index (κ2) is 6.33. The normalized spacial score (nSPS) is 19.2. The molecule has 2 aromatic rings. The molecular formula is C15H20N4O3. The van der Waals surface area contributed by atoms with Gasteiger partial charge in [-0.25, -0.2) is 0 Å². The van der Waals surface area contributed by atoms with E-state index in [0.29, 0.717) is 32.0 Å². The van der Waals surface area contributed by atoms with Gasteiger partial charge in [0.2, 0.25) is 0 Å². The van der Waals surface area contributed by atoms with Gasteiger partial charge in [-0.3, -0.25) is 9.89 Å². The number of nitrogens with zero attached hydrogens (tertiary/aromatic N) is 3. The van der Waals surface area contributed by atoms with Gasteiger partial charge in [-0.1, -0.05) is 0 Å². The van der Waals surface area contributed by atoms with E-state index < -0.39 is 0 Å². The van der Waals surface area contributed by atoms with Crippen molar-refractivity contribution < 1.29 is 14.6 Å². The molecule has 7 heteroatoms. The monoisotopic (exact) mass is 304 g/mol. The van der Waals surface area contributed by atoms with E-state index >= 15 is 0 Å². The van der Waals surface area contributed by atoms with Crippen LogP contribution < -0.4 is 0 Å². The van der Waals surface area contributed by atoms with Gasteiger partial charge in [-0.05, 0) is 18.2 Å². The highest BCUT2D eigenvalue weighted by atomic mass is 16.5. The first kappa shape index (κ1) is 14.8. The van der Waals surface area contributed by atoms with Crippen LogP contribution in [0.5, 0.6) is 0 Å². The molecule has 118 valence electrons. The third kappa shape index (κ3) is 2.90. The Hall–Kier alpha value is -2.12. The number of aryl methyl sites for hydroxylation is 1. The van der Waals surface area contributed by atoms with Crippen molar-refractivity contribution in [2.75, 3.05) is 32.9 Å². The maximum absolute atomic E-state index is 12.6. The van der Waals surface area contributed by atoms with E-state index in [9.17, 15) is 9.90 Å². The summed E-state index contributed by atoms with van der Waals surface area (Å²) in [5.41, 5.74) is 2.14. The molecule has 0 bridgehead atoms. The summed E-state index contributed by atoms with van der Waals surface area (Å²) in [5, 5.41) is 16.3. The van der Waals surface area contributed by atoms with E-state index in [1.165, 1.54) is 0 Å². The van der Waals surface area contributed by atoms with Crippen LogP contribution in [-0.4, -0.2) is 63.6 Å². The van der Waals surface area contributed by atoms with Gasteiger partial charge in [0.05, 0.1) is 18.9 Å². The zero-order valence-electron chi connectivity index (χ0n) is 12.5. The number of carbonyl (C=O) groups excluding carboxylic acids is 1. The van der Waals surface area contributed by atoms with E-state index in [1.807, 2.05) is 29.9 Å². The molecule has 1 aliphatic rings. The van der Waals surface area contributed by atoms with Crippen LogP contribution in [0.25, 0.3) is 11.4 Å². The highest BCUT2D eigenvalue weighted by molar-refractivity contribution is 5.93. The van der Waals surface area contributed by atoms with Gasteiger partial charge in [0, 0.05) is 38.9 Å². The molecule has 0 radical (unpaired) electrons. The maximum Gasteiger partial charge on any atom is 0.271 e. The number of nitrogens with one attached hydrogen (secondary N) is 1. The molecule has 0 spiro atoms. The van der Waals surface area contributed by atoms with Crippen molar-refractivity contribution in [3.8, 4) is 11.4 Å². The Morgan fingerprint density at radius 2 is 2.45 bits per heavy atom. The van der Waals surface area contributed by atoms with Gasteiger partial charge in [0.1, 0.15) is 11.4 Å². The molecule has 3 rings (SSSR count). The van der Waals surface area contributed by atoms with E-state index in [4.69, 9.17) is 4.74 Å². The summed E-state index contributed by atoms with van der Waals surface area (Å²) in [6, 6.07) is 5.65. The number of amides is 1. The summed E-state index contributed by atoms with van der Waals surface area (Å²) in [5.74, 6) is -0.154. The minimum Gasteiger partial charge on any atom is -0.396 e. The second-order valence-electron chi connectivity index (χ2n) is 5.55. The van der Waals surface area contributed by atoms with Crippen LogP contribution in [0.1, 0.15) is 10.5 Å². The molecule has 1 unspecified atom stereocenters. The first-order valence-electron chi connectivity index (χ1n) is 7.34. The summed E-state index contributed by atoms with van der Waals surface area (Å²) < 4.78 is 7.36. The number of hydrogen-bond donors (Lipinski definition) is 2. The predicted octanol–water partition coefficient (Wildman–Crippen LogP) is 0.496. The van der Waals surface area contributed by atoms with Crippen molar-refractivity contribution in [3.63, 3.8) is 0 Å². The van der Waals surface area contributed by atoms with E-state index in [2.05, 4.69) is 10.2 Å². The molecular weight excluding hydrogens is 284 g/mol. The van der Waals surface area contributed by atoms with Crippen LogP contribution in [0.3, 0.4) is 0 Å². The van der Waals surface area contributed by atoms with Crippen molar-refractivity contribution in [1.29, 1.82) is 0 Å². The average molecular weight is 304 g/mol. The molecule has 0 aromatic carbocycles. The zero-order chi connectivity index (χ0) is 15.5. The number of rotatable bonds is 3. The molecule has 0 aliphatic carbocycles. The lowest BCUT2D eigenvalue weighted by atomic mass is 10.1. The molecule has 1 amide bonds. The predicted molar refractivity (Wildman–Crippen MR) is 80.3 cm³/mol. The molecule has 22 heavy (non-hydrogen) atoms. The van der Waals surface area contributed by atoms with Crippen molar-refractivity contribution in [1.82, 2.24) is 19.7 Å². The first-order valence-corrected chi connectivity index (χ1v) is 7.34. The molecule has 2 N–H and O–H groups in total. The fraction of sp³-hybridized carbons (Fsp3) is 0.467. The average Bonchev–Trinajstić information content (AvgIpc) is 3.09. The minimum absolute atomic E-state index is 0.0152. The van der Waals surface area contributed by atoms with Crippen molar-refractivity contribution in [3.05, 3.63) is 30.1 Å². The van der Waals surface area contributed by atoms with E-state index in [1.54, 1.807) is 11.0 Å². The molecule has 7 nitrogen and oxygen atoms in total. The van der Waals surface area contributed by atoms with Crippen molar-refractivity contribution >= 4 is 5.91 Å². The van der Waals surface area contributed by atoms with Gasteiger partial charge in [0.15, 0.2) is 0 Å². The Morgan fingerprint density at radius 3 is 3.18 bits per heavy atom. The zero-order valence-corrected chi connectivity index (χ0v) is 12.5. The van der Waals surface area contributed by atoms with Gasteiger partial charge in [-0.2, -0.15) is 5.10 Å². The summed E-state index contributed by atoms with van der Waals surface area (Å²) in [6.07, 6.45) is 1.93. The van der Waals surface area contributed by atoms with Crippen LogP contribution in [-0.2, 0) is 11.8 Å². The molecule has 1 atom stereocenters. The molecule has 1 saturated heterocycles. The summed E-state index contributed by atoms with van der Waals surface area (Å²) in [7, 11) is 1.93. The number of aromatic nitrogens is 3. The lowest BCUT2D eigenvalue weighted by Crippen LogP contribution is -2.37. The Kier molecular flexibility index (Phi) is 4.26. The fourth-order valence-corrected chi connectivity index (χ4v) is 2.64. The van der Waals surface area contributed by atoms with Crippen molar-refractivity contribution in [2.24, 2.45) is 13.0 Å². The lowest BCUT2D eigenvalue weighted by molar-refractivity contribution is 0.0722. The van der Waals surface area contributed by atoms with Crippen LogP contribution in [0.2, 0.25) is 0 Å². The van der Waals surface area contributed by atoms with Crippen LogP contribution in [0.15, 0.2) is 24.4 Å². The lowest BCUT2D eigenvalue weighted by Gasteiger charge is -2.21. The number of hydrogen-bond acceptors (Lipinski definition) is 4. The molecule has 1 aliphatic heterocycles. The highest BCUT2D eigenvalue weighted by Gasteiger charge is 2.24. The number of aromatic amines is 1. The van der Waals surface area contributed by atoms with Gasteiger partial charge in [-0.15, -0.1) is 0 Å². The standard InChI is InChI=1S/C15H20N4O3/c1-18-4-2-3-14(18)12-7-13(17-16-12)15(21)19-5-6-22-10-11(8-19)9-20/h2-4,7,11,20H,5-6,8-10H2,1H3,(H,16,17). The van der Waals surface area contributed by atoms with Crippen LogP contribution in [0.4, 0.5) is 0 Å². The van der Waals surface area contributed by atoms with Crippen LogP contribution in [0, 0.1) is 5.92 Å². The summed E-state index contributed by atoms with van der Waals surface area (Å²) in [4.78, 5) is 14.3. The SMILES string of the molecule is Cn1cccc1-c1cc(C(=O)N2CCOCC(CO)C2)[nH]n1. The summed E-state index contributed by atoms with van der Waals surface area (Å²) >= 11 is 0. The van der Waals surface area contributed by atoms with Gasteiger partial charge >= 0.3 is 0 Å². The molecule has 0 saturated carbocycles. The number of aliphatic hydroxyl groups excluding tert-OH is 1. The van der Waals surface area contributed by atoms with Crippen molar-refractivity contribution in [2.45, 2.75) is 0 Å². The Morgan fingerprint density at radius 1 is 1.59 bits per heavy atom. The Labute approximate surface area is 128 Å². The van der Waals surface area contributed by atoms with E-state index in [-0.39, 0.29) is 18.4 Å². The Bertz CT molecular complexity index is 649. The third-order valence-corrected chi connectivity index (χ3v) is 3.90. The number of carbonyl (C=O) groups is 1. The smallest absolute Gasteiger partial charge is 0.271 e. The topological polar surface area (TPSA) is 83.4 Å². The highest BCUT2D eigenvalue weighted by Crippen LogP contribution is 2.19. The minimum atomic E-state index is -0.114. The first-order chi connectivity index (χ1) is 10.7. The second-order valence-corrected chi connectivity index (χ2v) is 5.55. The quantitative estimate of drug-likeness (QED) is 0.865. The van der Waals surface area contributed by atoms with Gasteiger partial charge < -0.3 is 19.3 Å². The van der Waals surface area contributed by atoms with E-state index in [0.717, 1.165) is 11.4 Å². The number of H-pyrrole nitrogens is 1. The number of ether oxygens (including phenoxy) is 1. The van der Waals surface area contributed by atoms with Crippen LogP contribution >= 0.6 is 0 Å². The Balaban J connectivity index is 1.77. The molecule has 3 heterocycles. The molecule has 1 fully saturated rings. The fourth-order valence-electron chi connectivity index (χ4n) is 2.64. The van der Waals surface area contributed by atoms with Gasteiger partial charge in [0.25, 0.3) is 5.91 Å². The largest absolute Gasteiger partial charge is 0.396 e. The maximum atomic E-state index is 12.6. The number of aliphatic hydroxyl groups is 1. The third-order valence-electron chi connectivity index (χ3n) is 3.90. The molecule has 2 aromatic heterocycles. The summed E-state index contributed by atoms with van der Waals surface area (Å²) in [6.45, 7) is 2.00.